The molecule has 0 bridgehead atoms. The van der Waals surface area contributed by atoms with Crippen LogP contribution < -0.4 is 87.5 Å². The van der Waals surface area contributed by atoms with E-state index in [1.807, 2.05) is 162 Å². The molecule has 142 heavy (non-hydrogen) atoms. The summed E-state index contributed by atoms with van der Waals surface area (Å²) < 4.78 is 62.6. The number of rotatable bonds is 26. The average molecular weight is 1920 g/mol. The largest absolute Gasteiger partial charge is 0.489 e. The number of carbonyl (C=O) groups is 7. The molecule has 0 unspecified atom stereocenters. The van der Waals surface area contributed by atoms with Gasteiger partial charge in [-0.3, -0.25) is 40.6 Å². The monoisotopic (exact) mass is 1920 g/mol. The molecule has 16 aromatic rings. The minimum Gasteiger partial charge on any atom is -0.489 e. The summed E-state index contributed by atoms with van der Waals surface area (Å²) in [6.45, 7) is 24.5. The fourth-order valence-corrected chi connectivity index (χ4v) is 12.5. The molecule has 0 fully saturated rings. The molecule has 0 aliphatic heterocycles. The number of methoxy groups -OCH3 is 1. The van der Waals surface area contributed by atoms with E-state index in [1.54, 1.807) is 207 Å². The normalized spacial score (nSPS) is 11.0. The highest BCUT2D eigenvalue weighted by Crippen LogP contribution is 2.34. The number of anilines is 13. The van der Waals surface area contributed by atoms with Crippen LogP contribution in [-0.2, 0) is 28.3 Å². The summed E-state index contributed by atoms with van der Waals surface area (Å²) in [6.07, 6.45) is 4.72. The van der Waals surface area contributed by atoms with Gasteiger partial charge in [0, 0.05) is 115 Å². The molecule has 0 atom stereocenters. The van der Waals surface area contributed by atoms with Crippen LogP contribution in [0.15, 0.2) is 334 Å². The first-order chi connectivity index (χ1) is 67.9. The molecule has 0 spiro atoms. The van der Waals surface area contributed by atoms with Gasteiger partial charge in [0.05, 0.1) is 30.9 Å². The molecular weight excluding hydrogens is 1810 g/mol. The zero-order valence-electron chi connectivity index (χ0n) is 79.8. The molecule has 34 nitrogen and oxygen atoms in total. The van der Waals surface area contributed by atoms with Crippen LogP contribution in [0.4, 0.5) is 98.0 Å². The third kappa shape index (κ3) is 31.6. The second-order valence-corrected chi connectivity index (χ2v) is 35.8. The summed E-state index contributed by atoms with van der Waals surface area (Å²) in [5.41, 5.74) is 7.37. The zero-order chi connectivity index (χ0) is 101. The van der Waals surface area contributed by atoms with Gasteiger partial charge < -0.3 is 84.3 Å². The van der Waals surface area contributed by atoms with E-state index in [1.165, 1.54) is 37.6 Å². The number of urea groups is 4. The summed E-state index contributed by atoms with van der Waals surface area (Å²) in [7, 11) is 1.52. The first-order valence-electron chi connectivity index (χ1n) is 44.5. The number of aromatic nitrogens is 6. The van der Waals surface area contributed by atoms with Crippen molar-refractivity contribution >= 4 is 116 Å². The molecule has 11 amide bonds. The Morgan fingerprint density at radius 3 is 0.930 bits per heavy atom. The number of hydrogen-bond donors (Lipinski definition) is 12. The highest BCUT2D eigenvalue weighted by molar-refractivity contribution is 6.07. The predicted octanol–water partition coefficient (Wildman–Crippen LogP) is 25.9. The van der Waals surface area contributed by atoms with Crippen LogP contribution in [0.5, 0.6) is 46.1 Å². The highest BCUT2D eigenvalue weighted by atomic mass is 19.1. The van der Waals surface area contributed by atoms with Crippen molar-refractivity contribution in [2.45, 2.75) is 111 Å². The molecule has 0 aliphatic rings. The molecule has 35 heteroatoms. The quantitative estimate of drug-likeness (QED) is 0.0239. The minimum atomic E-state index is -0.461. The Morgan fingerprint density at radius 2 is 0.606 bits per heavy atom. The topological polar surface area (TPSA) is 440 Å². The second-order valence-electron chi connectivity index (χ2n) is 35.8. The van der Waals surface area contributed by atoms with E-state index in [2.05, 4.69) is 94.4 Å². The molecule has 16 rings (SSSR count). The number of benzene rings is 10. The van der Waals surface area contributed by atoms with Crippen molar-refractivity contribution in [3.05, 3.63) is 367 Å². The van der Waals surface area contributed by atoms with Crippen LogP contribution in [0.25, 0.3) is 0 Å². The van der Waals surface area contributed by atoms with Crippen molar-refractivity contribution in [1.82, 2.24) is 30.6 Å². The van der Waals surface area contributed by atoms with Crippen LogP contribution >= 0.6 is 0 Å². The molecule has 6 heterocycles. The van der Waals surface area contributed by atoms with Crippen molar-refractivity contribution in [1.29, 1.82) is 0 Å². The number of nitrogens with zero attached hydrogens (tertiary/aromatic N) is 6. The Kier molecular flexibility index (Phi) is 33.3. The Bertz CT molecular complexity index is 6920. The molecule has 0 saturated heterocycles. The van der Waals surface area contributed by atoms with E-state index in [4.69, 9.17) is 41.8 Å². The fraction of sp³-hybridized carbons (Fsp3) is 0.168. The Morgan fingerprint density at radius 1 is 0.296 bits per heavy atom. The predicted molar refractivity (Wildman–Crippen MR) is 542 cm³/mol. The van der Waals surface area contributed by atoms with Crippen molar-refractivity contribution in [2.24, 2.45) is 0 Å². The lowest BCUT2D eigenvalue weighted by Crippen LogP contribution is -2.19. The molecule has 0 radical (unpaired) electrons. The van der Waals surface area contributed by atoms with Crippen molar-refractivity contribution in [2.75, 3.05) is 70.9 Å². The zero-order valence-corrected chi connectivity index (χ0v) is 79.8. The van der Waals surface area contributed by atoms with E-state index in [0.29, 0.717) is 150 Å². The number of ether oxygens (including phenoxy) is 5. The summed E-state index contributed by atoms with van der Waals surface area (Å²) in [6, 6.07) is 83.4. The van der Waals surface area contributed by atoms with Crippen LogP contribution in [-0.4, -0.2) is 79.6 Å². The number of pyridine rings is 2. The molecule has 0 saturated carbocycles. The first kappa shape index (κ1) is 101. The van der Waals surface area contributed by atoms with E-state index in [-0.39, 0.29) is 51.2 Å². The smallest absolute Gasteiger partial charge is 0.324 e. The number of halogens is 1. The highest BCUT2D eigenvalue weighted by Gasteiger charge is 2.26. The maximum atomic E-state index is 13.1. The van der Waals surface area contributed by atoms with Gasteiger partial charge in [-0.05, 0) is 224 Å². The Labute approximate surface area is 817 Å². The molecule has 12 N–H and O–H groups in total. The van der Waals surface area contributed by atoms with Gasteiger partial charge in [-0.25, -0.2) is 28.6 Å². The van der Waals surface area contributed by atoms with Crippen LogP contribution in [0.1, 0.15) is 143 Å². The Balaban J connectivity index is 0.000000159. The summed E-state index contributed by atoms with van der Waals surface area (Å²) in [5.74, 6) is 7.08. The van der Waals surface area contributed by atoms with Crippen LogP contribution in [0.3, 0.4) is 0 Å². The number of carbonyl (C=O) groups excluding carboxylic acids is 7. The Hall–Kier alpha value is -18.4. The van der Waals surface area contributed by atoms with E-state index in [9.17, 15) is 38.0 Å². The third-order valence-electron chi connectivity index (χ3n) is 20.1. The van der Waals surface area contributed by atoms with Gasteiger partial charge in [0.15, 0.2) is 23.3 Å². The number of nitrogens with one attached hydrogen (secondary N) is 12. The molecule has 10 aromatic carbocycles. The van der Waals surface area contributed by atoms with Crippen molar-refractivity contribution < 1.29 is 79.7 Å². The summed E-state index contributed by atoms with van der Waals surface area (Å²) >= 11 is 0. The van der Waals surface area contributed by atoms with Gasteiger partial charge in [-0.15, -0.1) is 0 Å². The van der Waals surface area contributed by atoms with Gasteiger partial charge in [-0.2, -0.15) is 0 Å². The van der Waals surface area contributed by atoms with Crippen molar-refractivity contribution in [3.63, 3.8) is 0 Å². The van der Waals surface area contributed by atoms with E-state index < -0.39 is 18.1 Å². The van der Waals surface area contributed by atoms with Crippen LogP contribution in [0, 0.1) is 5.82 Å². The van der Waals surface area contributed by atoms with Gasteiger partial charge in [-0.1, -0.05) is 152 Å². The standard InChI is InChI=1S/C27H25FN4O4.C27H27N5O5.C27H28N4O3.C26H25N5O4/c1-27(2,3)23-16-24(32-36-23)31-26(34)30-20-11-13-21(14-12-20)35-22-6-4-5-17(15-22)25(33)29-19-9-7-18(28)8-10-19;1-27(2,3)22-15-23(32-37-22)31-26(34)30-18-8-11-20(12-9-18)36-21-7-5-6-17(14-21)25(33)29-19-10-13-24(35-4)28-16-19;1-27(2,3)24-17-25(31-34-24)30-26(32)29-22-11-9-20(10-12-22)28-21-13-15-23(16-14-21)33-18-19-7-5-4-6-8-19;1-26(2,3)22-15-23(31-35-22)30-25(33)29-18-9-11-20(12-10-18)34-21-8-4-6-17(14-21)24(32)28-19-7-5-13-27-16-19/h4-16H,1-3H3,(H,29,33)(H2,30,31,32,34);5-16H,1-4H3,(H,29,33)(H2,30,31,32,34);4-17,28H,18H2,1-3H3,(H2,29,30,31,32);4-16H,1-3H3,(H,28,32)(H2,29,30,31,33). The summed E-state index contributed by atoms with van der Waals surface area (Å²) in [4.78, 5) is 94.8. The molecular formula is C107H105FN18O16. The lowest BCUT2D eigenvalue weighted by Gasteiger charge is -2.12. The lowest BCUT2D eigenvalue weighted by atomic mass is 9.93. The van der Waals surface area contributed by atoms with E-state index >= 15 is 0 Å². The number of hydrogen-bond acceptors (Lipinski definition) is 23. The summed E-state index contributed by atoms with van der Waals surface area (Å²) in [5, 5.41) is 48.7. The third-order valence-corrected chi connectivity index (χ3v) is 20.1. The fourth-order valence-electron chi connectivity index (χ4n) is 12.5. The van der Waals surface area contributed by atoms with Crippen LogP contribution in [0.2, 0.25) is 0 Å². The maximum absolute atomic E-state index is 13.1. The molecule has 726 valence electrons. The second kappa shape index (κ2) is 46.9. The average Bonchev–Trinajstić information content (AvgIpc) is 1.80. The molecule has 0 aliphatic carbocycles. The van der Waals surface area contributed by atoms with Gasteiger partial charge in [0.2, 0.25) is 5.88 Å². The maximum Gasteiger partial charge on any atom is 0.324 e. The lowest BCUT2D eigenvalue weighted by molar-refractivity contribution is 0.101. The van der Waals surface area contributed by atoms with Crippen molar-refractivity contribution in [3.8, 4) is 46.1 Å². The SMILES string of the molecule is CC(C)(C)c1cc(NC(=O)Nc2ccc(Nc3ccc(OCc4ccccc4)cc3)cc2)no1.CC(C)(C)c1cc(NC(=O)Nc2ccc(Oc3cccc(C(=O)Nc4ccc(F)cc4)c3)cc2)no1.CC(C)(C)c1cc(NC(=O)Nc2ccc(Oc3cccc(C(=O)Nc4cccnc4)c3)cc2)no1.COc1ccc(NC(=O)c2cccc(Oc3ccc(NC(=O)Nc4cc(C(C)(C)C)on4)cc3)c2)cn1. The first-order valence-corrected chi connectivity index (χ1v) is 44.5. The van der Waals surface area contributed by atoms with E-state index in [0.717, 1.165) is 22.7 Å². The molecule has 6 aromatic heterocycles. The van der Waals surface area contributed by atoms with Gasteiger partial charge in [0.25, 0.3) is 17.7 Å². The minimum absolute atomic E-state index is 0.179. The van der Waals surface area contributed by atoms with Gasteiger partial charge >= 0.3 is 24.1 Å². The number of amides is 11. The van der Waals surface area contributed by atoms with Gasteiger partial charge in [0.1, 0.15) is 75.7 Å².